The summed E-state index contributed by atoms with van der Waals surface area (Å²) in [5.74, 6) is 0.530. The Hall–Kier alpha value is -2.35. The first-order chi connectivity index (χ1) is 12.8. The van der Waals surface area contributed by atoms with Crippen LogP contribution in [-0.2, 0) is 10.2 Å². The molecule has 2 nitrogen and oxygen atoms in total. The van der Waals surface area contributed by atoms with Gasteiger partial charge in [-0.25, -0.2) is 0 Å². The highest BCUT2D eigenvalue weighted by molar-refractivity contribution is 5.93. The van der Waals surface area contributed by atoms with Crippen LogP contribution in [0.3, 0.4) is 0 Å². The number of carbonyl (C=O) groups is 1. The van der Waals surface area contributed by atoms with Crippen LogP contribution in [-0.4, -0.2) is 10.9 Å². The van der Waals surface area contributed by atoms with Crippen molar-refractivity contribution in [2.45, 2.75) is 66.2 Å². The number of hydrogen-bond acceptors (Lipinski definition) is 2. The average molecular weight is 365 g/mol. The number of aromatic hydroxyl groups is 1. The number of benzene rings is 2. The Morgan fingerprint density at radius 1 is 0.926 bits per heavy atom. The van der Waals surface area contributed by atoms with Gasteiger partial charge in [-0.2, -0.15) is 0 Å². The molecule has 2 aromatic carbocycles. The molecule has 0 radical (unpaired) electrons. The molecule has 2 heteroatoms. The summed E-state index contributed by atoms with van der Waals surface area (Å²) in [4.78, 5) is 11.6. The Morgan fingerprint density at radius 2 is 1.48 bits per heavy atom. The van der Waals surface area contributed by atoms with Crippen LogP contribution < -0.4 is 0 Å². The minimum absolute atomic E-state index is 0.0878. The predicted molar refractivity (Wildman–Crippen MR) is 114 cm³/mol. The predicted octanol–water partition coefficient (Wildman–Crippen LogP) is 6.42. The highest BCUT2D eigenvalue weighted by Gasteiger charge is 2.31. The third kappa shape index (κ3) is 4.16. The molecule has 0 saturated heterocycles. The molecule has 0 bridgehead atoms. The van der Waals surface area contributed by atoms with Crippen LogP contribution in [0, 0.1) is 20.8 Å². The Bertz CT molecular complexity index is 832. The molecule has 0 aromatic heterocycles. The maximum Gasteiger partial charge on any atom is 0.155 e. The van der Waals surface area contributed by atoms with E-state index in [2.05, 4.69) is 51.1 Å². The number of phenols is 1. The second-order valence-corrected chi connectivity index (χ2v) is 7.47. The SMILES string of the molecule is CCC(=O)/C=C/c1ccc(C(CC)(CC)c2cc(C)c(O)c(C)c2)cc1C. The van der Waals surface area contributed by atoms with Gasteiger partial charge in [0.2, 0.25) is 0 Å². The lowest BCUT2D eigenvalue weighted by Crippen LogP contribution is -2.26. The number of aryl methyl sites for hydroxylation is 3. The molecule has 1 N–H and O–H groups in total. The molecule has 0 saturated carbocycles. The Labute approximate surface area is 163 Å². The lowest BCUT2D eigenvalue weighted by molar-refractivity contribution is -0.114. The highest BCUT2D eigenvalue weighted by Crippen LogP contribution is 2.41. The topological polar surface area (TPSA) is 37.3 Å². The first kappa shape index (κ1) is 21.0. The molecule has 0 aliphatic rings. The van der Waals surface area contributed by atoms with E-state index in [9.17, 15) is 9.90 Å². The van der Waals surface area contributed by atoms with Crippen LogP contribution in [0.25, 0.3) is 6.08 Å². The van der Waals surface area contributed by atoms with Crippen molar-refractivity contribution in [2.75, 3.05) is 0 Å². The van der Waals surface area contributed by atoms with E-state index in [0.29, 0.717) is 12.2 Å². The molecule has 0 unspecified atom stereocenters. The molecule has 0 aliphatic heterocycles. The maximum absolute atomic E-state index is 11.6. The third-order valence-electron chi connectivity index (χ3n) is 5.87. The van der Waals surface area contributed by atoms with Gasteiger partial charge in [0.15, 0.2) is 5.78 Å². The zero-order valence-corrected chi connectivity index (χ0v) is 17.5. The van der Waals surface area contributed by atoms with E-state index in [1.807, 2.05) is 26.8 Å². The summed E-state index contributed by atoms with van der Waals surface area (Å²) >= 11 is 0. The fourth-order valence-electron chi connectivity index (χ4n) is 3.93. The van der Waals surface area contributed by atoms with E-state index in [-0.39, 0.29) is 11.2 Å². The quantitative estimate of drug-likeness (QED) is 0.576. The van der Waals surface area contributed by atoms with Gasteiger partial charge in [0.1, 0.15) is 5.75 Å². The molecule has 0 amide bonds. The van der Waals surface area contributed by atoms with Gasteiger partial charge in [-0.05, 0) is 73.1 Å². The van der Waals surface area contributed by atoms with Crippen molar-refractivity contribution in [1.82, 2.24) is 0 Å². The van der Waals surface area contributed by atoms with Gasteiger partial charge in [0.25, 0.3) is 0 Å². The number of phenolic OH excluding ortho intramolecular Hbond substituents is 1. The molecule has 2 rings (SSSR count). The second-order valence-electron chi connectivity index (χ2n) is 7.47. The van der Waals surface area contributed by atoms with Crippen molar-refractivity contribution in [3.63, 3.8) is 0 Å². The summed E-state index contributed by atoms with van der Waals surface area (Å²) in [6.07, 6.45) is 6.08. The lowest BCUT2D eigenvalue weighted by Gasteiger charge is -2.34. The van der Waals surface area contributed by atoms with Crippen LogP contribution in [0.15, 0.2) is 36.4 Å². The molecular weight excluding hydrogens is 332 g/mol. The zero-order valence-electron chi connectivity index (χ0n) is 17.5. The summed E-state index contributed by atoms with van der Waals surface area (Å²) in [6.45, 7) is 12.4. The molecule has 144 valence electrons. The van der Waals surface area contributed by atoms with Crippen LogP contribution in [0.4, 0.5) is 0 Å². The molecule has 0 atom stereocenters. The molecule has 0 spiro atoms. The third-order valence-corrected chi connectivity index (χ3v) is 5.87. The van der Waals surface area contributed by atoms with Gasteiger partial charge >= 0.3 is 0 Å². The molecular formula is C25H32O2. The lowest BCUT2D eigenvalue weighted by atomic mass is 9.69. The van der Waals surface area contributed by atoms with E-state index in [1.54, 1.807) is 6.08 Å². The van der Waals surface area contributed by atoms with Gasteiger partial charge in [0, 0.05) is 11.8 Å². The monoisotopic (exact) mass is 364 g/mol. The van der Waals surface area contributed by atoms with Gasteiger partial charge < -0.3 is 5.11 Å². The fraction of sp³-hybridized carbons (Fsp3) is 0.400. The van der Waals surface area contributed by atoms with E-state index < -0.39 is 0 Å². The number of carbonyl (C=O) groups excluding carboxylic acids is 1. The molecule has 2 aromatic rings. The Balaban J connectivity index is 2.55. The van der Waals surface area contributed by atoms with Crippen LogP contribution in [0.2, 0.25) is 0 Å². The van der Waals surface area contributed by atoms with Gasteiger partial charge in [-0.3, -0.25) is 4.79 Å². The van der Waals surface area contributed by atoms with E-state index in [1.165, 1.54) is 16.7 Å². The van der Waals surface area contributed by atoms with Crippen molar-refractivity contribution in [1.29, 1.82) is 0 Å². The van der Waals surface area contributed by atoms with E-state index in [0.717, 1.165) is 29.5 Å². The number of hydrogen-bond donors (Lipinski definition) is 1. The molecule has 0 heterocycles. The Morgan fingerprint density at radius 3 is 1.96 bits per heavy atom. The van der Waals surface area contributed by atoms with Crippen molar-refractivity contribution >= 4 is 11.9 Å². The van der Waals surface area contributed by atoms with Gasteiger partial charge in [-0.1, -0.05) is 57.2 Å². The average Bonchev–Trinajstić information content (AvgIpc) is 2.66. The zero-order chi connectivity index (χ0) is 20.2. The summed E-state index contributed by atoms with van der Waals surface area (Å²) in [7, 11) is 0. The maximum atomic E-state index is 11.6. The second kappa shape index (κ2) is 8.56. The molecule has 0 aliphatic carbocycles. The Kier molecular flexibility index (Phi) is 6.64. The van der Waals surface area contributed by atoms with E-state index in [4.69, 9.17) is 0 Å². The van der Waals surface area contributed by atoms with Crippen molar-refractivity contribution < 1.29 is 9.90 Å². The van der Waals surface area contributed by atoms with Crippen LogP contribution in [0.1, 0.15) is 73.4 Å². The summed E-state index contributed by atoms with van der Waals surface area (Å²) < 4.78 is 0. The minimum Gasteiger partial charge on any atom is -0.507 e. The van der Waals surface area contributed by atoms with Crippen molar-refractivity contribution in [3.8, 4) is 5.75 Å². The number of rotatable bonds is 7. The standard InChI is InChI=1S/C25H32O2/c1-7-23(26)13-11-20-10-12-21(14-17(20)4)25(8-2,9-3)22-15-18(5)24(27)19(6)16-22/h10-16,27H,7-9H2,1-6H3/b13-11+. The summed E-state index contributed by atoms with van der Waals surface area (Å²) in [6, 6.07) is 10.8. The van der Waals surface area contributed by atoms with Crippen LogP contribution >= 0.6 is 0 Å². The minimum atomic E-state index is -0.0878. The highest BCUT2D eigenvalue weighted by atomic mass is 16.3. The van der Waals surface area contributed by atoms with Gasteiger partial charge in [-0.15, -0.1) is 0 Å². The van der Waals surface area contributed by atoms with E-state index >= 15 is 0 Å². The largest absolute Gasteiger partial charge is 0.507 e. The molecule has 27 heavy (non-hydrogen) atoms. The van der Waals surface area contributed by atoms with Crippen molar-refractivity contribution in [3.05, 3.63) is 69.8 Å². The van der Waals surface area contributed by atoms with Gasteiger partial charge in [0.05, 0.1) is 0 Å². The fourth-order valence-corrected chi connectivity index (χ4v) is 3.93. The number of allylic oxidation sites excluding steroid dienone is 1. The normalized spacial score (nSPS) is 11.9. The summed E-state index contributed by atoms with van der Waals surface area (Å²) in [5, 5.41) is 10.2. The smallest absolute Gasteiger partial charge is 0.155 e. The molecule has 0 fully saturated rings. The number of ketones is 1. The first-order valence-electron chi connectivity index (χ1n) is 9.91. The van der Waals surface area contributed by atoms with Crippen LogP contribution in [0.5, 0.6) is 5.75 Å². The van der Waals surface area contributed by atoms with Crippen molar-refractivity contribution in [2.24, 2.45) is 0 Å². The summed E-state index contributed by atoms with van der Waals surface area (Å²) in [5.41, 5.74) is 6.55. The first-order valence-corrected chi connectivity index (χ1v) is 9.91.